The predicted molar refractivity (Wildman–Crippen MR) is 103 cm³/mol. The van der Waals surface area contributed by atoms with Crippen molar-refractivity contribution >= 4 is 17.5 Å². The van der Waals surface area contributed by atoms with Gasteiger partial charge in [0.15, 0.2) is 0 Å². The highest BCUT2D eigenvalue weighted by Gasteiger charge is 2.35. The normalized spacial score (nSPS) is 13.9. The summed E-state index contributed by atoms with van der Waals surface area (Å²) in [5.74, 6) is 0.860. The largest absolute Gasteiger partial charge is 0.497 e. The molecule has 0 aliphatic carbocycles. The Morgan fingerprint density at radius 2 is 1.81 bits per heavy atom. The summed E-state index contributed by atoms with van der Waals surface area (Å²) >= 11 is 0. The van der Waals surface area contributed by atoms with E-state index in [2.05, 4.69) is 5.32 Å². The maximum Gasteiger partial charge on any atom is 0.255 e. The quantitative estimate of drug-likeness (QED) is 0.813. The van der Waals surface area contributed by atoms with E-state index in [1.54, 1.807) is 37.3 Å². The lowest BCUT2D eigenvalue weighted by atomic mass is 10.1. The zero-order valence-electron chi connectivity index (χ0n) is 15.8. The molecule has 2 aromatic rings. The van der Waals surface area contributed by atoms with Gasteiger partial charge in [-0.05, 0) is 18.1 Å². The van der Waals surface area contributed by atoms with Gasteiger partial charge in [-0.2, -0.15) is 0 Å². The number of nitrogens with zero attached hydrogens (tertiary/aromatic N) is 1. The Labute approximate surface area is 159 Å². The molecule has 27 heavy (non-hydrogen) atoms. The molecule has 0 fully saturated rings. The highest BCUT2D eigenvalue weighted by molar-refractivity contribution is 6.03. The molecule has 2 amide bonds. The molecule has 0 saturated heterocycles. The first-order chi connectivity index (χ1) is 13.1. The molecule has 3 rings (SSSR count). The van der Waals surface area contributed by atoms with Crippen LogP contribution in [0.3, 0.4) is 0 Å². The molecule has 2 aromatic carbocycles. The van der Waals surface area contributed by atoms with Gasteiger partial charge >= 0.3 is 0 Å². The molecule has 142 valence electrons. The summed E-state index contributed by atoms with van der Waals surface area (Å²) in [6.45, 7) is 2.46. The number of nitrogens with one attached hydrogen (secondary N) is 1. The second-order valence-electron chi connectivity index (χ2n) is 6.49. The van der Waals surface area contributed by atoms with Crippen LogP contribution in [0.4, 0.5) is 5.69 Å². The Kier molecular flexibility index (Phi) is 5.64. The molecular weight excluding hydrogens is 344 g/mol. The van der Waals surface area contributed by atoms with Crippen LogP contribution in [0.15, 0.2) is 42.5 Å². The molecule has 0 saturated carbocycles. The Balaban J connectivity index is 1.82. The van der Waals surface area contributed by atoms with Crippen LogP contribution in [0.25, 0.3) is 0 Å². The summed E-state index contributed by atoms with van der Waals surface area (Å²) in [6.07, 6.45) is 1.38. The van der Waals surface area contributed by atoms with E-state index in [0.717, 1.165) is 12.0 Å². The number of carbonyl (C=O) groups excluding carboxylic acids is 2. The molecule has 6 heteroatoms. The third-order valence-corrected chi connectivity index (χ3v) is 4.71. The van der Waals surface area contributed by atoms with Gasteiger partial charge in [-0.1, -0.05) is 31.5 Å². The zero-order chi connectivity index (χ0) is 19.4. The Morgan fingerprint density at radius 1 is 1.15 bits per heavy atom. The first kappa shape index (κ1) is 18.8. The van der Waals surface area contributed by atoms with Crippen LogP contribution in [-0.2, 0) is 11.3 Å². The van der Waals surface area contributed by atoms with Crippen molar-refractivity contribution in [2.75, 3.05) is 19.5 Å². The number of amides is 2. The van der Waals surface area contributed by atoms with Gasteiger partial charge in [-0.3, -0.25) is 9.59 Å². The van der Waals surface area contributed by atoms with Crippen molar-refractivity contribution in [1.82, 2.24) is 4.90 Å². The smallest absolute Gasteiger partial charge is 0.255 e. The highest BCUT2D eigenvalue weighted by Crippen LogP contribution is 2.29. The van der Waals surface area contributed by atoms with Gasteiger partial charge < -0.3 is 19.7 Å². The third kappa shape index (κ3) is 3.89. The number of fused-ring (bicyclic) bond motifs is 1. The number of rotatable bonds is 7. The standard InChI is InChI=1S/C21H24N2O4/c1-4-7-19(23-13-14-8-5-6-9-18(14)21(23)25)20(24)22-15-10-16(26-2)12-17(11-15)27-3/h5-6,8-12,19H,4,7,13H2,1-3H3,(H,22,24). The van der Waals surface area contributed by atoms with Gasteiger partial charge in [0.05, 0.1) is 14.2 Å². The van der Waals surface area contributed by atoms with Crippen LogP contribution in [-0.4, -0.2) is 37.0 Å². The van der Waals surface area contributed by atoms with Crippen molar-refractivity contribution in [3.05, 3.63) is 53.6 Å². The molecule has 1 heterocycles. The summed E-state index contributed by atoms with van der Waals surface area (Å²) in [5, 5.41) is 2.91. The number of hydrogen-bond donors (Lipinski definition) is 1. The number of anilines is 1. The Morgan fingerprint density at radius 3 is 2.41 bits per heavy atom. The average Bonchev–Trinajstić information content (AvgIpc) is 3.02. The number of hydrogen-bond acceptors (Lipinski definition) is 4. The van der Waals surface area contributed by atoms with Crippen molar-refractivity contribution in [2.45, 2.75) is 32.4 Å². The monoisotopic (exact) mass is 368 g/mol. The minimum absolute atomic E-state index is 0.0950. The number of ether oxygens (including phenoxy) is 2. The van der Waals surface area contributed by atoms with Crippen molar-refractivity contribution in [3.63, 3.8) is 0 Å². The van der Waals surface area contributed by atoms with E-state index in [-0.39, 0.29) is 11.8 Å². The van der Waals surface area contributed by atoms with Crippen LogP contribution in [0.5, 0.6) is 11.5 Å². The Bertz CT molecular complexity index is 828. The van der Waals surface area contributed by atoms with Crippen molar-refractivity contribution in [2.24, 2.45) is 0 Å². The lowest BCUT2D eigenvalue weighted by molar-refractivity contribution is -0.120. The summed E-state index contributed by atoms with van der Waals surface area (Å²) in [4.78, 5) is 27.4. The van der Waals surface area contributed by atoms with Gasteiger partial charge in [0, 0.05) is 36.0 Å². The van der Waals surface area contributed by atoms with E-state index in [0.29, 0.717) is 35.7 Å². The highest BCUT2D eigenvalue weighted by atomic mass is 16.5. The fourth-order valence-electron chi connectivity index (χ4n) is 3.34. The molecule has 6 nitrogen and oxygen atoms in total. The fraction of sp³-hybridized carbons (Fsp3) is 0.333. The number of carbonyl (C=O) groups is 2. The van der Waals surface area contributed by atoms with Crippen LogP contribution in [0, 0.1) is 0 Å². The van der Waals surface area contributed by atoms with Gasteiger partial charge in [-0.15, -0.1) is 0 Å². The summed E-state index contributed by atoms with van der Waals surface area (Å²) in [7, 11) is 3.11. The number of benzene rings is 2. The molecule has 0 bridgehead atoms. The van der Waals surface area contributed by atoms with E-state index < -0.39 is 6.04 Å². The van der Waals surface area contributed by atoms with Crippen LogP contribution < -0.4 is 14.8 Å². The lowest BCUT2D eigenvalue weighted by Gasteiger charge is -2.26. The lowest BCUT2D eigenvalue weighted by Crippen LogP contribution is -2.44. The maximum atomic E-state index is 13.0. The van der Waals surface area contributed by atoms with Crippen molar-refractivity contribution in [1.29, 1.82) is 0 Å². The maximum absolute atomic E-state index is 13.0. The fourth-order valence-corrected chi connectivity index (χ4v) is 3.34. The second-order valence-corrected chi connectivity index (χ2v) is 6.49. The summed E-state index contributed by atoms with van der Waals surface area (Å²) < 4.78 is 10.5. The van der Waals surface area contributed by atoms with E-state index in [1.807, 2.05) is 31.2 Å². The van der Waals surface area contributed by atoms with E-state index >= 15 is 0 Å². The van der Waals surface area contributed by atoms with E-state index in [1.165, 1.54) is 0 Å². The van der Waals surface area contributed by atoms with Gasteiger partial charge in [0.25, 0.3) is 5.91 Å². The molecular formula is C21H24N2O4. The molecule has 0 aromatic heterocycles. The summed E-state index contributed by atoms with van der Waals surface area (Å²) in [5.41, 5.74) is 2.20. The average molecular weight is 368 g/mol. The predicted octanol–water partition coefficient (Wildman–Crippen LogP) is 3.47. The molecule has 1 atom stereocenters. The molecule has 1 N–H and O–H groups in total. The van der Waals surface area contributed by atoms with Crippen LogP contribution in [0.2, 0.25) is 0 Å². The minimum atomic E-state index is -0.535. The van der Waals surface area contributed by atoms with Crippen LogP contribution >= 0.6 is 0 Å². The molecule has 1 aliphatic heterocycles. The van der Waals surface area contributed by atoms with Crippen molar-refractivity contribution in [3.8, 4) is 11.5 Å². The topological polar surface area (TPSA) is 67.9 Å². The van der Waals surface area contributed by atoms with Crippen LogP contribution in [0.1, 0.15) is 35.7 Å². The van der Waals surface area contributed by atoms with E-state index in [4.69, 9.17) is 9.47 Å². The molecule has 0 radical (unpaired) electrons. The second kappa shape index (κ2) is 8.12. The number of methoxy groups -OCH3 is 2. The minimum Gasteiger partial charge on any atom is -0.497 e. The van der Waals surface area contributed by atoms with Gasteiger partial charge in [0.1, 0.15) is 17.5 Å². The third-order valence-electron chi connectivity index (χ3n) is 4.71. The molecule has 0 spiro atoms. The molecule has 1 aliphatic rings. The molecule has 1 unspecified atom stereocenters. The van der Waals surface area contributed by atoms with Gasteiger partial charge in [-0.25, -0.2) is 0 Å². The first-order valence-corrected chi connectivity index (χ1v) is 9.00. The zero-order valence-corrected chi connectivity index (χ0v) is 15.8. The Hall–Kier alpha value is -3.02. The van der Waals surface area contributed by atoms with E-state index in [9.17, 15) is 9.59 Å². The van der Waals surface area contributed by atoms with Crippen molar-refractivity contribution < 1.29 is 19.1 Å². The SMILES string of the molecule is CCCC(C(=O)Nc1cc(OC)cc(OC)c1)N1Cc2ccccc2C1=O. The summed E-state index contributed by atoms with van der Waals surface area (Å²) in [6, 6.07) is 12.2. The first-order valence-electron chi connectivity index (χ1n) is 9.00. The van der Waals surface area contributed by atoms with Gasteiger partial charge in [0.2, 0.25) is 5.91 Å².